The summed E-state index contributed by atoms with van der Waals surface area (Å²) >= 11 is 1.20. The van der Waals surface area contributed by atoms with Gasteiger partial charge < -0.3 is 30.5 Å². The number of unbranched alkanes of at least 4 members (excludes halogenated alkanes) is 2. The molecule has 2 aliphatic rings. The van der Waals surface area contributed by atoms with E-state index in [1.165, 1.54) is 31.5 Å². The number of nitrogens with one attached hydrogen (secondary N) is 1. The number of likely N-dealkylation sites (tertiary alicyclic amines) is 1. The maximum absolute atomic E-state index is 13.0. The summed E-state index contributed by atoms with van der Waals surface area (Å²) < 4.78 is 5.75. The molecule has 2 heterocycles. The number of likely N-dealkylation sites (N-methyl/N-ethyl adjacent to an activating group) is 1. The molecule has 0 aromatic carbocycles. The summed E-state index contributed by atoms with van der Waals surface area (Å²) in [6.07, 6.45) is 1.01. The monoisotopic (exact) mass is 434 g/mol. The Morgan fingerprint density at radius 3 is 2.52 bits per heavy atom. The lowest BCUT2D eigenvalue weighted by molar-refractivity contribution is -0.211. The molecule has 9 atom stereocenters. The van der Waals surface area contributed by atoms with E-state index in [4.69, 9.17) is 4.74 Å². The molecule has 170 valence electrons. The largest absolute Gasteiger partial charge is 0.391 e. The Kier molecular flexibility index (Phi) is 9.66. The Morgan fingerprint density at radius 1 is 1.24 bits per heavy atom. The van der Waals surface area contributed by atoms with Crippen molar-refractivity contribution in [2.24, 2.45) is 5.92 Å². The van der Waals surface area contributed by atoms with Gasteiger partial charge in [-0.3, -0.25) is 9.69 Å². The van der Waals surface area contributed by atoms with Gasteiger partial charge in [-0.05, 0) is 39.0 Å². The molecule has 0 aliphatic carbocycles. The first-order chi connectivity index (χ1) is 13.7. The van der Waals surface area contributed by atoms with E-state index < -0.39 is 42.0 Å². The van der Waals surface area contributed by atoms with Crippen LogP contribution in [0.4, 0.5) is 0 Å². The molecule has 4 unspecified atom stereocenters. The molecule has 0 radical (unpaired) electrons. The number of carbonyl (C=O) groups is 1. The first-order valence-corrected chi connectivity index (χ1v) is 11.9. The molecule has 2 fully saturated rings. The molecular weight excluding hydrogens is 396 g/mol. The molecule has 2 saturated heterocycles. The molecule has 0 aromatic heterocycles. The molecular formula is C20H38N2O6S. The van der Waals surface area contributed by atoms with E-state index >= 15 is 0 Å². The van der Waals surface area contributed by atoms with Crippen molar-refractivity contribution in [3.63, 3.8) is 0 Å². The third-order valence-corrected chi connectivity index (χ3v) is 7.03. The van der Waals surface area contributed by atoms with Gasteiger partial charge in [-0.2, -0.15) is 0 Å². The Bertz CT molecular complexity index is 523. The Hall–Kier alpha value is -0.420. The summed E-state index contributed by atoms with van der Waals surface area (Å²) in [5.74, 6) is 0.259. The molecule has 0 bridgehead atoms. The highest BCUT2D eigenvalue weighted by atomic mass is 32.2. The molecule has 9 heteroatoms. The van der Waals surface area contributed by atoms with Crippen LogP contribution in [0.2, 0.25) is 0 Å². The molecule has 2 rings (SSSR count). The number of thioether (sulfide) groups is 1. The molecule has 8 nitrogen and oxygen atoms in total. The Morgan fingerprint density at radius 2 is 1.93 bits per heavy atom. The van der Waals surface area contributed by atoms with Gasteiger partial charge in [0.25, 0.3) is 0 Å². The van der Waals surface area contributed by atoms with E-state index in [1.54, 1.807) is 6.26 Å². The fraction of sp³-hybridized carbons (Fsp3) is 0.950. The minimum absolute atomic E-state index is 0.214. The quantitative estimate of drug-likeness (QED) is 0.320. The highest BCUT2D eigenvalue weighted by molar-refractivity contribution is 7.99. The normalized spacial score (nSPS) is 38.0. The number of amides is 1. The zero-order valence-corrected chi connectivity index (χ0v) is 18.7. The number of aliphatic hydroxyl groups is 4. The number of nitrogens with zero attached hydrogens (tertiary/aromatic N) is 1. The second-order valence-corrected chi connectivity index (χ2v) is 9.44. The topological polar surface area (TPSA) is 122 Å². The summed E-state index contributed by atoms with van der Waals surface area (Å²) in [6, 6.07) is -1.20. The second kappa shape index (κ2) is 11.3. The van der Waals surface area contributed by atoms with E-state index in [0.29, 0.717) is 5.92 Å². The molecule has 2 aliphatic heterocycles. The van der Waals surface area contributed by atoms with Crippen LogP contribution in [0.1, 0.15) is 46.0 Å². The van der Waals surface area contributed by atoms with Gasteiger partial charge >= 0.3 is 0 Å². The average molecular weight is 435 g/mol. The van der Waals surface area contributed by atoms with Crippen LogP contribution < -0.4 is 5.32 Å². The SMILES string of the molecule is CCCCCC1CC(C(=O)NC(C(C)O)[C@H]2O[C@H](SC)[C@H](O)[C@@H](O)[C@H]2O)N(C)C1. The predicted octanol–water partition coefficient (Wildman–Crippen LogP) is -0.0768. The van der Waals surface area contributed by atoms with Crippen LogP contribution in [-0.4, -0.2) is 99.1 Å². The van der Waals surface area contributed by atoms with E-state index in [9.17, 15) is 25.2 Å². The predicted molar refractivity (Wildman–Crippen MR) is 112 cm³/mol. The summed E-state index contributed by atoms with van der Waals surface area (Å²) in [7, 11) is 1.93. The van der Waals surface area contributed by atoms with Crippen molar-refractivity contribution < 1.29 is 30.0 Å². The van der Waals surface area contributed by atoms with Crippen molar-refractivity contribution >= 4 is 17.7 Å². The smallest absolute Gasteiger partial charge is 0.237 e. The van der Waals surface area contributed by atoms with Gasteiger partial charge in [0.05, 0.1) is 18.2 Å². The molecule has 1 amide bonds. The minimum atomic E-state index is -1.42. The number of hydrogen-bond acceptors (Lipinski definition) is 8. The lowest BCUT2D eigenvalue weighted by atomic mass is 9.91. The molecule has 0 spiro atoms. The zero-order chi connectivity index (χ0) is 21.7. The van der Waals surface area contributed by atoms with Crippen LogP contribution in [-0.2, 0) is 9.53 Å². The standard InChI is InChI=1S/C20H38N2O6S/c1-5-6-7-8-12-9-13(22(3)10-12)19(27)21-14(11(2)23)18-16(25)15(24)17(26)20(28-18)29-4/h11-18,20,23-26H,5-10H2,1-4H3,(H,21,27)/t11?,12?,13?,14?,15-,16+,17+,18+,20+/m0/s1. The third kappa shape index (κ3) is 6.06. The summed E-state index contributed by atoms with van der Waals surface area (Å²) in [4.78, 5) is 15.0. The van der Waals surface area contributed by atoms with Crippen LogP contribution >= 0.6 is 11.8 Å². The van der Waals surface area contributed by atoms with E-state index in [0.717, 1.165) is 25.8 Å². The van der Waals surface area contributed by atoms with Gasteiger partial charge in [0.1, 0.15) is 29.9 Å². The van der Waals surface area contributed by atoms with Crippen molar-refractivity contribution in [2.45, 2.75) is 94.0 Å². The highest BCUT2D eigenvalue weighted by Gasteiger charge is 2.48. The zero-order valence-electron chi connectivity index (χ0n) is 17.9. The van der Waals surface area contributed by atoms with E-state index in [2.05, 4.69) is 12.2 Å². The van der Waals surface area contributed by atoms with Crippen LogP contribution in [0.25, 0.3) is 0 Å². The molecule has 0 saturated carbocycles. The summed E-state index contributed by atoms with van der Waals surface area (Å²) in [6.45, 7) is 4.55. The number of ether oxygens (including phenoxy) is 1. The van der Waals surface area contributed by atoms with Crippen molar-refractivity contribution in [1.29, 1.82) is 0 Å². The van der Waals surface area contributed by atoms with Crippen molar-refractivity contribution in [3.05, 3.63) is 0 Å². The Labute approximate surface area is 178 Å². The average Bonchev–Trinajstić information content (AvgIpc) is 3.05. The van der Waals surface area contributed by atoms with Gasteiger partial charge in [0, 0.05) is 6.54 Å². The van der Waals surface area contributed by atoms with E-state index in [1.807, 2.05) is 11.9 Å². The number of aliphatic hydroxyl groups excluding tert-OH is 4. The number of rotatable bonds is 9. The van der Waals surface area contributed by atoms with Gasteiger partial charge in [0.2, 0.25) is 5.91 Å². The fourth-order valence-electron chi connectivity index (χ4n) is 4.41. The van der Waals surface area contributed by atoms with Crippen molar-refractivity contribution in [2.75, 3.05) is 19.8 Å². The van der Waals surface area contributed by atoms with Crippen LogP contribution in [0, 0.1) is 5.92 Å². The van der Waals surface area contributed by atoms with Gasteiger partial charge in [-0.1, -0.05) is 26.2 Å². The van der Waals surface area contributed by atoms with Crippen LogP contribution in [0.5, 0.6) is 0 Å². The fourth-order valence-corrected chi connectivity index (χ4v) is 5.09. The van der Waals surface area contributed by atoms with Gasteiger partial charge in [0.15, 0.2) is 0 Å². The first-order valence-electron chi connectivity index (χ1n) is 10.6. The number of carbonyl (C=O) groups excluding carboxylic acids is 1. The number of hydrogen-bond donors (Lipinski definition) is 5. The maximum Gasteiger partial charge on any atom is 0.237 e. The summed E-state index contributed by atoms with van der Waals surface area (Å²) in [5, 5.41) is 43.7. The van der Waals surface area contributed by atoms with Crippen LogP contribution in [0.3, 0.4) is 0 Å². The van der Waals surface area contributed by atoms with Crippen molar-refractivity contribution in [3.8, 4) is 0 Å². The minimum Gasteiger partial charge on any atom is -0.391 e. The van der Waals surface area contributed by atoms with E-state index in [-0.39, 0.29) is 11.9 Å². The highest BCUT2D eigenvalue weighted by Crippen LogP contribution is 2.30. The second-order valence-electron chi connectivity index (χ2n) is 8.50. The lowest BCUT2D eigenvalue weighted by Gasteiger charge is -2.44. The molecule has 29 heavy (non-hydrogen) atoms. The Balaban J connectivity index is 2.03. The van der Waals surface area contributed by atoms with Gasteiger partial charge in [-0.25, -0.2) is 0 Å². The van der Waals surface area contributed by atoms with Gasteiger partial charge in [-0.15, -0.1) is 11.8 Å². The first kappa shape index (κ1) is 24.8. The van der Waals surface area contributed by atoms with Crippen LogP contribution in [0.15, 0.2) is 0 Å². The molecule has 0 aromatic rings. The van der Waals surface area contributed by atoms with Crippen molar-refractivity contribution in [1.82, 2.24) is 10.2 Å². The third-order valence-electron chi connectivity index (χ3n) is 6.17. The summed E-state index contributed by atoms with van der Waals surface area (Å²) in [5.41, 5.74) is -0.756. The maximum atomic E-state index is 13.0. The molecule has 5 N–H and O–H groups in total. The lowest BCUT2D eigenvalue weighted by Crippen LogP contribution is -2.65.